The van der Waals surface area contributed by atoms with E-state index in [0.29, 0.717) is 32.0 Å². The number of esters is 1. The van der Waals surface area contributed by atoms with Crippen molar-refractivity contribution in [3.05, 3.63) is 24.3 Å². The minimum atomic E-state index is -0.702. The standard InChI is InChI=1S/C23H35N3O5/c1-3-5-6-7-15-30-19-10-8-18(9-11-19)25-21(27)17-26-13-12-24-23(29)20(26)16-22(28)31-14-4-2/h8-11,20H,3-7,12-17H2,1-2H3,(H,24,29)(H,25,27). The number of piperazine rings is 1. The predicted octanol–water partition coefficient (Wildman–Crippen LogP) is 2.73. The second kappa shape index (κ2) is 13.6. The first-order valence-electron chi connectivity index (χ1n) is 11.2. The zero-order chi connectivity index (χ0) is 22.5. The fourth-order valence-electron chi connectivity index (χ4n) is 3.34. The normalized spacial score (nSPS) is 16.5. The van der Waals surface area contributed by atoms with Gasteiger partial charge in [0.25, 0.3) is 0 Å². The minimum absolute atomic E-state index is 0.0226. The van der Waals surface area contributed by atoms with Gasteiger partial charge in [0.2, 0.25) is 11.8 Å². The largest absolute Gasteiger partial charge is 0.494 e. The highest BCUT2D eigenvalue weighted by molar-refractivity contribution is 5.93. The van der Waals surface area contributed by atoms with Gasteiger partial charge in [0, 0.05) is 18.8 Å². The maximum absolute atomic E-state index is 12.5. The molecule has 1 fully saturated rings. The van der Waals surface area contributed by atoms with E-state index in [1.54, 1.807) is 17.0 Å². The number of carbonyl (C=O) groups is 3. The molecular weight excluding hydrogens is 398 g/mol. The highest BCUT2D eigenvalue weighted by Gasteiger charge is 2.33. The van der Waals surface area contributed by atoms with Gasteiger partial charge in [0.15, 0.2) is 0 Å². The molecule has 0 aromatic heterocycles. The molecule has 0 radical (unpaired) electrons. The van der Waals surface area contributed by atoms with E-state index in [-0.39, 0.29) is 24.8 Å². The first-order valence-corrected chi connectivity index (χ1v) is 11.2. The molecule has 0 spiro atoms. The quantitative estimate of drug-likeness (QED) is 0.367. The van der Waals surface area contributed by atoms with Gasteiger partial charge in [0.05, 0.1) is 26.2 Å². The Balaban J connectivity index is 1.82. The van der Waals surface area contributed by atoms with Gasteiger partial charge in [0.1, 0.15) is 11.8 Å². The summed E-state index contributed by atoms with van der Waals surface area (Å²) in [7, 11) is 0. The van der Waals surface area contributed by atoms with E-state index >= 15 is 0 Å². The molecule has 1 atom stereocenters. The van der Waals surface area contributed by atoms with Crippen molar-refractivity contribution in [2.75, 3.05) is 38.2 Å². The van der Waals surface area contributed by atoms with E-state index in [1.807, 2.05) is 19.1 Å². The average molecular weight is 434 g/mol. The fourth-order valence-corrected chi connectivity index (χ4v) is 3.34. The van der Waals surface area contributed by atoms with Crippen LogP contribution in [0.5, 0.6) is 5.75 Å². The molecule has 1 aromatic rings. The molecule has 1 aromatic carbocycles. The Hall–Kier alpha value is -2.61. The van der Waals surface area contributed by atoms with Crippen molar-refractivity contribution < 1.29 is 23.9 Å². The maximum Gasteiger partial charge on any atom is 0.307 e. The number of nitrogens with one attached hydrogen (secondary N) is 2. The van der Waals surface area contributed by atoms with E-state index in [9.17, 15) is 14.4 Å². The van der Waals surface area contributed by atoms with E-state index in [0.717, 1.165) is 25.0 Å². The molecule has 1 aliphatic rings. The first-order chi connectivity index (χ1) is 15.0. The van der Waals surface area contributed by atoms with Crippen LogP contribution in [0.15, 0.2) is 24.3 Å². The number of benzene rings is 1. The van der Waals surface area contributed by atoms with Crippen LogP contribution in [-0.4, -0.2) is 61.6 Å². The molecular formula is C23H35N3O5. The molecule has 31 heavy (non-hydrogen) atoms. The molecule has 0 bridgehead atoms. The van der Waals surface area contributed by atoms with E-state index in [1.165, 1.54) is 12.8 Å². The Morgan fingerprint density at radius 1 is 1.10 bits per heavy atom. The van der Waals surface area contributed by atoms with E-state index < -0.39 is 12.0 Å². The summed E-state index contributed by atoms with van der Waals surface area (Å²) in [6, 6.07) is 6.54. The van der Waals surface area contributed by atoms with Crippen LogP contribution in [-0.2, 0) is 19.1 Å². The van der Waals surface area contributed by atoms with Gasteiger partial charge in [-0.3, -0.25) is 19.3 Å². The second-order valence-corrected chi connectivity index (χ2v) is 7.68. The highest BCUT2D eigenvalue weighted by Crippen LogP contribution is 2.17. The molecule has 1 unspecified atom stereocenters. The van der Waals surface area contributed by atoms with Crippen LogP contribution < -0.4 is 15.4 Å². The number of amides is 2. The molecule has 1 aliphatic heterocycles. The Labute approximate surface area is 184 Å². The molecule has 2 N–H and O–H groups in total. The predicted molar refractivity (Wildman–Crippen MR) is 119 cm³/mol. The van der Waals surface area contributed by atoms with Gasteiger partial charge in [-0.25, -0.2) is 0 Å². The van der Waals surface area contributed by atoms with Crippen LogP contribution in [0.2, 0.25) is 0 Å². The molecule has 2 rings (SSSR count). The van der Waals surface area contributed by atoms with Gasteiger partial charge in [-0.15, -0.1) is 0 Å². The zero-order valence-corrected chi connectivity index (χ0v) is 18.7. The Morgan fingerprint density at radius 2 is 1.87 bits per heavy atom. The van der Waals surface area contributed by atoms with Crippen LogP contribution in [0.25, 0.3) is 0 Å². The smallest absolute Gasteiger partial charge is 0.307 e. The number of anilines is 1. The number of ether oxygens (including phenoxy) is 2. The molecule has 8 heteroatoms. The third-order valence-corrected chi connectivity index (χ3v) is 5.02. The number of carbonyl (C=O) groups excluding carboxylic acids is 3. The second-order valence-electron chi connectivity index (χ2n) is 7.68. The van der Waals surface area contributed by atoms with Crippen LogP contribution in [0, 0.1) is 0 Å². The minimum Gasteiger partial charge on any atom is -0.494 e. The Bertz CT molecular complexity index is 708. The summed E-state index contributed by atoms with van der Waals surface area (Å²) in [5, 5.41) is 5.59. The first kappa shape index (κ1) is 24.7. The Morgan fingerprint density at radius 3 is 2.58 bits per heavy atom. The summed E-state index contributed by atoms with van der Waals surface area (Å²) in [6.07, 6.45) is 5.26. The van der Waals surface area contributed by atoms with Crippen LogP contribution in [0.1, 0.15) is 52.4 Å². The van der Waals surface area contributed by atoms with Crippen molar-refractivity contribution >= 4 is 23.5 Å². The lowest BCUT2D eigenvalue weighted by Crippen LogP contribution is -2.57. The van der Waals surface area contributed by atoms with Crippen molar-refractivity contribution in [3.8, 4) is 5.75 Å². The summed E-state index contributed by atoms with van der Waals surface area (Å²) in [5.41, 5.74) is 0.656. The lowest BCUT2D eigenvalue weighted by Gasteiger charge is -2.33. The van der Waals surface area contributed by atoms with Crippen molar-refractivity contribution in [1.29, 1.82) is 0 Å². The Kier molecular flexibility index (Phi) is 10.9. The summed E-state index contributed by atoms with van der Waals surface area (Å²) in [5.74, 6) is -0.157. The lowest BCUT2D eigenvalue weighted by atomic mass is 10.1. The lowest BCUT2D eigenvalue weighted by molar-refractivity contribution is -0.148. The summed E-state index contributed by atoms with van der Waals surface area (Å²) >= 11 is 0. The third-order valence-electron chi connectivity index (χ3n) is 5.02. The van der Waals surface area contributed by atoms with E-state index in [2.05, 4.69) is 17.6 Å². The number of rotatable bonds is 13. The molecule has 8 nitrogen and oxygen atoms in total. The van der Waals surface area contributed by atoms with Crippen molar-refractivity contribution in [3.63, 3.8) is 0 Å². The topological polar surface area (TPSA) is 97.0 Å². The fraction of sp³-hybridized carbons (Fsp3) is 0.609. The zero-order valence-electron chi connectivity index (χ0n) is 18.7. The van der Waals surface area contributed by atoms with Gasteiger partial charge in [-0.05, 0) is 37.1 Å². The van der Waals surface area contributed by atoms with Gasteiger partial charge < -0.3 is 20.1 Å². The average Bonchev–Trinajstić information content (AvgIpc) is 2.75. The SMILES string of the molecule is CCCCCCOc1ccc(NC(=O)CN2CCNC(=O)C2CC(=O)OCCC)cc1. The summed E-state index contributed by atoms with van der Waals surface area (Å²) in [6.45, 7) is 6.05. The van der Waals surface area contributed by atoms with E-state index in [4.69, 9.17) is 9.47 Å². The number of nitrogens with zero attached hydrogens (tertiary/aromatic N) is 1. The molecule has 1 heterocycles. The molecule has 1 saturated heterocycles. The number of hydrogen-bond acceptors (Lipinski definition) is 6. The summed E-state index contributed by atoms with van der Waals surface area (Å²) in [4.78, 5) is 38.4. The number of unbranched alkanes of at least 4 members (excludes halogenated alkanes) is 3. The summed E-state index contributed by atoms with van der Waals surface area (Å²) < 4.78 is 10.8. The third kappa shape index (κ3) is 8.96. The molecule has 0 saturated carbocycles. The van der Waals surface area contributed by atoms with Crippen LogP contribution in [0.3, 0.4) is 0 Å². The highest BCUT2D eigenvalue weighted by atomic mass is 16.5. The van der Waals surface area contributed by atoms with Gasteiger partial charge >= 0.3 is 5.97 Å². The molecule has 2 amide bonds. The number of hydrogen-bond donors (Lipinski definition) is 2. The van der Waals surface area contributed by atoms with Gasteiger partial charge in [-0.1, -0.05) is 33.1 Å². The van der Waals surface area contributed by atoms with Gasteiger partial charge in [-0.2, -0.15) is 0 Å². The molecule has 0 aliphatic carbocycles. The van der Waals surface area contributed by atoms with Crippen molar-refractivity contribution in [2.45, 2.75) is 58.4 Å². The van der Waals surface area contributed by atoms with Crippen molar-refractivity contribution in [1.82, 2.24) is 10.2 Å². The molecule has 172 valence electrons. The van der Waals surface area contributed by atoms with Crippen LogP contribution >= 0.6 is 0 Å². The van der Waals surface area contributed by atoms with Crippen molar-refractivity contribution in [2.24, 2.45) is 0 Å². The maximum atomic E-state index is 12.5. The van der Waals surface area contributed by atoms with Crippen LogP contribution in [0.4, 0.5) is 5.69 Å². The monoisotopic (exact) mass is 433 g/mol.